The number of amides is 2. The number of hydrogen-bond acceptors (Lipinski definition) is 3. The minimum atomic E-state index is -0.994. The van der Waals surface area contributed by atoms with Crippen LogP contribution in [0.1, 0.15) is 18.5 Å². The van der Waals surface area contributed by atoms with Gasteiger partial charge in [-0.3, -0.25) is 0 Å². The number of carbonyl (C=O) groups is 2. The van der Waals surface area contributed by atoms with Crippen molar-refractivity contribution in [1.82, 2.24) is 10.2 Å². The molecule has 1 fully saturated rings. The van der Waals surface area contributed by atoms with Crippen LogP contribution in [0.2, 0.25) is 0 Å². The van der Waals surface area contributed by atoms with E-state index in [1.807, 2.05) is 0 Å². The van der Waals surface area contributed by atoms with Gasteiger partial charge in [0.15, 0.2) is 0 Å². The van der Waals surface area contributed by atoms with E-state index in [1.165, 1.54) is 28.8 Å². The van der Waals surface area contributed by atoms with Crippen LogP contribution in [0, 0.1) is 5.82 Å². The molecule has 1 saturated heterocycles. The zero-order chi connectivity index (χ0) is 15.4. The highest BCUT2D eigenvalue weighted by Crippen LogP contribution is 2.19. The first kappa shape index (κ1) is 15.6. The van der Waals surface area contributed by atoms with Crippen LogP contribution < -0.4 is 5.32 Å². The van der Waals surface area contributed by atoms with Crippen molar-refractivity contribution in [2.75, 3.05) is 18.1 Å². The summed E-state index contributed by atoms with van der Waals surface area (Å²) in [7, 11) is 0. The van der Waals surface area contributed by atoms with E-state index >= 15 is 0 Å². The standard InChI is InChI=1S/C14H17FN2O3S/c1-9(10-2-4-11(15)5-3-10)16-14(20)17-6-7-21-8-12(17)13(18)19/h2-5,9,12H,6-8H2,1H3,(H,16,20)(H,18,19). The van der Waals surface area contributed by atoms with E-state index < -0.39 is 18.0 Å². The second-order valence-electron chi connectivity index (χ2n) is 4.85. The van der Waals surface area contributed by atoms with Crippen molar-refractivity contribution in [2.24, 2.45) is 0 Å². The Labute approximate surface area is 126 Å². The van der Waals surface area contributed by atoms with E-state index in [0.29, 0.717) is 12.3 Å². The topological polar surface area (TPSA) is 69.6 Å². The molecule has 0 aromatic heterocycles. The van der Waals surface area contributed by atoms with Gasteiger partial charge in [-0.05, 0) is 24.6 Å². The third-order valence-electron chi connectivity index (χ3n) is 3.38. The number of hydrogen-bond donors (Lipinski definition) is 2. The number of thioether (sulfide) groups is 1. The van der Waals surface area contributed by atoms with Gasteiger partial charge >= 0.3 is 12.0 Å². The smallest absolute Gasteiger partial charge is 0.327 e. The molecule has 0 aliphatic carbocycles. The predicted octanol–water partition coefficient (Wildman–Crippen LogP) is 2.10. The Morgan fingerprint density at radius 2 is 2.10 bits per heavy atom. The zero-order valence-electron chi connectivity index (χ0n) is 11.6. The lowest BCUT2D eigenvalue weighted by Crippen LogP contribution is -2.54. The monoisotopic (exact) mass is 312 g/mol. The van der Waals surface area contributed by atoms with E-state index in [9.17, 15) is 14.0 Å². The van der Waals surface area contributed by atoms with Crippen LogP contribution in [-0.4, -0.2) is 46.1 Å². The van der Waals surface area contributed by atoms with Crippen molar-refractivity contribution >= 4 is 23.8 Å². The zero-order valence-corrected chi connectivity index (χ0v) is 12.4. The predicted molar refractivity (Wildman–Crippen MR) is 78.8 cm³/mol. The average Bonchev–Trinajstić information content (AvgIpc) is 2.47. The summed E-state index contributed by atoms with van der Waals surface area (Å²) in [5, 5.41) is 11.9. The molecule has 2 atom stereocenters. The molecule has 1 aliphatic rings. The number of halogens is 1. The molecule has 7 heteroatoms. The first-order valence-corrected chi connectivity index (χ1v) is 7.77. The summed E-state index contributed by atoms with van der Waals surface area (Å²) in [4.78, 5) is 24.8. The highest BCUT2D eigenvalue weighted by Gasteiger charge is 2.32. The van der Waals surface area contributed by atoms with E-state index in [2.05, 4.69) is 5.32 Å². The molecule has 2 N–H and O–H groups in total. The van der Waals surface area contributed by atoms with Gasteiger partial charge < -0.3 is 15.3 Å². The highest BCUT2D eigenvalue weighted by atomic mass is 32.2. The lowest BCUT2D eigenvalue weighted by molar-refractivity contribution is -0.141. The van der Waals surface area contributed by atoms with Gasteiger partial charge in [-0.25, -0.2) is 14.0 Å². The molecule has 0 saturated carbocycles. The Morgan fingerprint density at radius 3 is 2.71 bits per heavy atom. The molecule has 0 radical (unpaired) electrons. The summed E-state index contributed by atoms with van der Waals surface area (Å²) in [6.45, 7) is 2.18. The average molecular weight is 312 g/mol. The molecule has 2 unspecified atom stereocenters. The quantitative estimate of drug-likeness (QED) is 0.897. The van der Waals surface area contributed by atoms with Gasteiger partial charge in [0.1, 0.15) is 11.9 Å². The Morgan fingerprint density at radius 1 is 1.43 bits per heavy atom. The second-order valence-corrected chi connectivity index (χ2v) is 5.99. The lowest BCUT2D eigenvalue weighted by Gasteiger charge is -2.33. The van der Waals surface area contributed by atoms with Gasteiger partial charge in [0.25, 0.3) is 0 Å². The molecule has 21 heavy (non-hydrogen) atoms. The van der Waals surface area contributed by atoms with Crippen LogP contribution in [0.15, 0.2) is 24.3 Å². The first-order chi connectivity index (χ1) is 9.99. The summed E-state index contributed by atoms with van der Waals surface area (Å²) in [5.41, 5.74) is 0.767. The fourth-order valence-electron chi connectivity index (χ4n) is 2.15. The van der Waals surface area contributed by atoms with Gasteiger partial charge in [-0.2, -0.15) is 11.8 Å². The van der Waals surface area contributed by atoms with Gasteiger partial charge in [0.05, 0.1) is 6.04 Å². The number of rotatable bonds is 3. The fourth-order valence-corrected chi connectivity index (χ4v) is 3.19. The van der Waals surface area contributed by atoms with E-state index in [0.717, 1.165) is 11.3 Å². The number of urea groups is 1. The van der Waals surface area contributed by atoms with Crippen LogP contribution in [0.5, 0.6) is 0 Å². The van der Waals surface area contributed by atoms with Crippen LogP contribution in [0.4, 0.5) is 9.18 Å². The number of carboxylic acids is 1. The van der Waals surface area contributed by atoms with E-state index in [4.69, 9.17) is 5.11 Å². The highest BCUT2D eigenvalue weighted by molar-refractivity contribution is 7.99. The van der Waals surface area contributed by atoms with E-state index in [1.54, 1.807) is 19.1 Å². The molecule has 1 aliphatic heterocycles. The van der Waals surface area contributed by atoms with Gasteiger partial charge in [0, 0.05) is 18.1 Å². The Bertz CT molecular complexity index is 523. The number of aliphatic carboxylic acids is 1. The number of carboxylic acid groups (broad SMARTS) is 1. The molecule has 0 spiro atoms. The van der Waals surface area contributed by atoms with Crippen molar-refractivity contribution < 1.29 is 19.1 Å². The first-order valence-electron chi connectivity index (χ1n) is 6.62. The van der Waals surface area contributed by atoms with Gasteiger partial charge in [0.2, 0.25) is 0 Å². The van der Waals surface area contributed by atoms with Crippen LogP contribution in [0.25, 0.3) is 0 Å². The van der Waals surface area contributed by atoms with Crippen molar-refractivity contribution in [3.63, 3.8) is 0 Å². The Balaban J connectivity index is 2.02. The number of nitrogens with one attached hydrogen (secondary N) is 1. The molecule has 2 amide bonds. The largest absolute Gasteiger partial charge is 0.480 e. The lowest BCUT2D eigenvalue weighted by atomic mass is 10.1. The maximum absolute atomic E-state index is 12.9. The SMILES string of the molecule is CC(NC(=O)N1CCSCC1C(=O)O)c1ccc(F)cc1. The molecule has 1 aromatic carbocycles. The van der Waals surface area contributed by atoms with Crippen LogP contribution in [0.3, 0.4) is 0 Å². The summed E-state index contributed by atoms with van der Waals surface area (Å²) in [6.07, 6.45) is 0. The third-order valence-corrected chi connectivity index (χ3v) is 4.41. The summed E-state index contributed by atoms with van der Waals surface area (Å²) in [6, 6.07) is 4.33. The molecular weight excluding hydrogens is 295 g/mol. The maximum atomic E-state index is 12.9. The Kier molecular flexibility index (Phi) is 5.06. The number of nitrogens with zero attached hydrogens (tertiary/aromatic N) is 1. The van der Waals surface area contributed by atoms with Crippen molar-refractivity contribution in [1.29, 1.82) is 0 Å². The molecule has 5 nitrogen and oxygen atoms in total. The number of benzene rings is 1. The second kappa shape index (κ2) is 6.80. The Hall–Kier alpha value is -1.76. The van der Waals surface area contributed by atoms with Crippen LogP contribution in [-0.2, 0) is 4.79 Å². The minimum Gasteiger partial charge on any atom is -0.480 e. The normalized spacial score (nSPS) is 19.9. The molecule has 1 aromatic rings. The molecular formula is C14H17FN2O3S. The molecule has 114 valence electrons. The fraction of sp³-hybridized carbons (Fsp3) is 0.429. The van der Waals surface area contributed by atoms with Gasteiger partial charge in [-0.1, -0.05) is 12.1 Å². The molecule has 2 rings (SSSR count). The maximum Gasteiger partial charge on any atom is 0.327 e. The minimum absolute atomic E-state index is 0.317. The van der Waals surface area contributed by atoms with Crippen molar-refractivity contribution in [3.05, 3.63) is 35.6 Å². The molecule has 0 bridgehead atoms. The van der Waals surface area contributed by atoms with Crippen molar-refractivity contribution in [2.45, 2.75) is 19.0 Å². The summed E-state index contributed by atoms with van der Waals surface area (Å²) in [5.74, 6) is -0.210. The van der Waals surface area contributed by atoms with Gasteiger partial charge in [-0.15, -0.1) is 0 Å². The summed E-state index contributed by atoms with van der Waals surface area (Å²) < 4.78 is 12.9. The third kappa shape index (κ3) is 3.87. The summed E-state index contributed by atoms with van der Waals surface area (Å²) >= 11 is 1.53. The molecule has 1 heterocycles. The van der Waals surface area contributed by atoms with Crippen molar-refractivity contribution in [3.8, 4) is 0 Å². The number of carbonyl (C=O) groups excluding carboxylic acids is 1. The van der Waals surface area contributed by atoms with E-state index in [-0.39, 0.29) is 11.9 Å². The van der Waals surface area contributed by atoms with Crippen LogP contribution >= 0.6 is 11.8 Å².